The van der Waals surface area contributed by atoms with E-state index in [-0.39, 0.29) is 10.8 Å². The van der Waals surface area contributed by atoms with E-state index in [9.17, 15) is 13.2 Å². The van der Waals surface area contributed by atoms with E-state index in [0.717, 1.165) is 25.2 Å². The van der Waals surface area contributed by atoms with Crippen molar-refractivity contribution in [3.63, 3.8) is 0 Å². The van der Waals surface area contributed by atoms with E-state index in [1.54, 1.807) is 12.1 Å². The van der Waals surface area contributed by atoms with Gasteiger partial charge < -0.3 is 4.90 Å². The van der Waals surface area contributed by atoms with Crippen LogP contribution in [0.3, 0.4) is 0 Å². The van der Waals surface area contributed by atoms with Gasteiger partial charge in [-0.3, -0.25) is 9.69 Å². The largest absolute Gasteiger partial charge is 0.336 e. The lowest BCUT2D eigenvalue weighted by Crippen LogP contribution is -2.48. The van der Waals surface area contributed by atoms with Gasteiger partial charge in [-0.2, -0.15) is 0 Å². The highest BCUT2D eigenvalue weighted by atomic mass is 32.2. The van der Waals surface area contributed by atoms with Crippen LogP contribution in [0.25, 0.3) is 0 Å². The maximum absolute atomic E-state index is 12.9. The molecule has 1 N–H and O–H groups in total. The van der Waals surface area contributed by atoms with E-state index in [1.165, 1.54) is 17.7 Å². The lowest BCUT2D eigenvalue weighted by atomic mass is 10.1. The van der Waals surface area contributed by atoms with Gasteiger partial charge in [-0.1, -0.05) is 60.7 Å². The third-order valence-electron chi connectivity index (χ3n) is 5.87. The average molecular weight is 464 g/mol. The van der Waals surface area contributed by atoms with E-state index >= 15 is 0 Å². The molecule has 0 unspecified atom stereocenters. The summed E-state index contributed by atoms with van der Waals surface area (Å²) in [4.78, 5) is 17.2. The molecule has 4 rings (SSSR count). The van der Waals surface area contributed by atoms with Crippen molar-refractivity contribution >= 4 is 15.9 Å². The molecule has 1 saturated heterocycles. The zero-order chi connectivity index (χ0) is 23.1. The van der Waals surface area contributed by atoms with Gasteiger partial charge >= 0.3 is 0 Å². The van der Waals surface area contributed by atoms with E-state index in [4.69, 9.17) is 0 Å². The van der Waals surface area contributed by atoms with E-state index < -0.39 is 10.0 Å². The Kier molecular flexibility index (Phi) is 7.54. The van der Waals surface area contributed by atoms with Crippen LogP contribution < -0.4 is 4.72 Å². The Morgan fingerprint density at radius 1 is 0.758 bits per heavy atom. The van der Waals surface area contributed by atoms with Crippen LogP contribution in [0, 0.1) is 0 Å². The van der Waals surface area contributed by atoms with Gasteiger partial charge in [0.05, 0.1) is 4.90 Å². The van der Waals surface area contributed by atoms with Crippen molar-refractivity contribution in [3.05, 3.63) is 102 Å². The minimum absolute atomic E-state index is 0.0599. The topological polar surface area (TPSA) is 69.7 Å². The molecule has 0 aliphatic carbocycles. The first-order valence-corrected chi connectivity index (χ1v) is 12.7. The van der Waals surface area contributed by atoms with Crippen LogP contribution in [0.15, 0.2) is 89.8 Å². The zero-order valence-electron chi connectivity index (χ0n) is 18.6. The smallest absolute Gasteiger partial charge is 0.253 e. The number of carbonyl (C=O) groups excluding carboxylic acids is 1. The van der Waals surface area contributed by atoms with Gasteiger partial charge in [0.2, 0.25) is 10.0 Å². The van der Waals surface area contributed by atoms with Crippen LogP contribution in [0.4, 0.5) is 0 Å². The summed E-state index contributed by atoms with van der Waals surface area (Å²) < 4.78 is 27.8. The van der Waals surface area contributed by atoms with Gasteiger partial charge in [-0.05, 0) is 41.8 Å². The molecule has 0 radical (unpaired) electrons. The molecule has 0 saturated carbocycles. The molecule has 6 nitrogen and oxygen atoms in total. The predicted octanol–water partition coefficient (Wildman–Crippen LogP) is 3.17. The number of carbonyl (C=O) groups is 1. The van der Waals surface area contributed by atoms with Crippen molar-refractivity contribution < 1.29 is 13.2 Å². The van der Waals surface area contributed by atoms with Crippen LogP contribution in [-0.2, 0) is 23.0 Å². The highest BCUT2D eigenvalue weighted by Gasteiger charge is 2.23. The summed E-state index contributed by atoms with van der Waals surface area (Å²) in [7, 11) is -3.62. The molecule has 3 aromatic carbocycles. The molecular weight excluding hydrogens is 434 g/mol. The van der Waals surface area contributed by atoms with E-state index in [2.05, 4.69) is 21.8 Å². The minimum atomic E-state index is -3.62. The Bertz CT molecular complexity index is 1140. The summed E-state index contributed by atoms with van der Waals surface area (Å²) in [6.07, 6.45) is 0.618. The number of nitrogens with one attached hydrogen (secondary N) is 1. The number of piperazine rings is 1. The fourth-order valence-corrected chi connectivity index (χ4v) is 5.00. The lowest BCUT2D eigenvalue weighted by Gasteiger charge is -2.34. The molecule has 172 valence electrons. The molecule has 3 aromatic rings. The Balaban J connectivity index is 1.29. The second-order valence-corrected chi connectivity index (χ2v) is 9.98. The first kappa shape index (κ1) is 23.2. The summed E-state index contributed by atoms with van der Waals surface area (Å²) >= 11 is 0. The van der Waals surface area contributed by atoms with Crippen LogP contribution in [-0.4, -0.2) is 56.8 Å². The number of hydrogen-bond acceptors (Lipinski definition) is 4. The Hall–Kier alpha value is -3.00. The van der Waals surface area contributed by atoms with Gasteiger partial charge in [0, 0.05) is 44.8 Å². The molecule has 0 aromatic heterocycles. The zero-order valence-corrected chi connectivity index (χ0v) is 19.4. The maximum Gasteiger partial charge on any atom is 0.253 e. The van der Waals surface area contributed by atoms with Crippen LogP contribution in [0.1, 0.15) is 21.5 Å². The number of sulfonamides is 1. The predicted molar refractivity (Wildman–Crippen MR) is 129 cm³/mol. The van der Waals surface area contributed by atoms with Crippen molar-refractivity contribution in [1.29, 1.82) is 0 Å². The number of amides is 1. The van der Waals surface area contributed by atoms with Crippen LogP contribution in [0.2, 0.25) is 0 Å². The number of benzene rings is 3. The fourth-order valence-electron chi connectivity index (χ4n) is 3.97. The van der Waals surface area contributed by atoms with Crippen molar-refractivity contribution in [3.8, 4) is 0 Å². The Morgan fingerprint density at radius 3 is 1.94 bits per heavy atom. The van der Waals surface area contributed by atoms with Crippen molar-refractivity contribution in [2.45, 2.75) is 17.9 Å². The lowest BCUT2D eigenvalue weighted by molar-refractivity contribution is 0.0628. The van der Waals surface area contributed by atoms with Crippen LogP contribution in [0.5, 0.6) is 0 Å². The number of nitrogens with zero attached hydrogens (tertiary/aromatic N) is 2. The van der Waals surface area contributed by atoms with E-state index in [0.29, 0.717) is 31.6 Å². The summed E-state index contributed by atoms with van der Waals surface area (Å²) in [5.41, 5.74) is 2.85. The molecule has 0 atom stereocenters. The third kappa shape index (κ3) is 6.28. The molecule has 1 fully saturated rings. The van der Waals surface area contributed by atoms with Gasteiger partial charge in [0.25, 0.3) is 5.91 Å². The highest BCUT2D eigenvalue weighted by molar-refractivity contribution is 7.89. The second-order valence-electron chi connectivity index (χ2n) is 8.21. The summed E-state index contributed by atoms with van der Waals surface area (Å²) in [5, 5.41) is 0. The molecule has 33 heavy (non-hydrogen) atoms. The minimum Gasteiger partial charge on any atom is -0.336 e. The summed E-state index contributed by atoms with van der Waals surface area (Å²) in [6, 6.07) is 26.3. The van der Waals surface area contributed by atoms with Crippen LogP contribution >= 0.6 is 0 Å². The normalized spacial score (nSPS) is 14.8. The number of hydrogen-bond donors (Lipinski definition) is 1. The molecule has 0 bridgehead atoms. The second kappa shape index (κ2) is 10.7. The SMILES string of the molecule is O=C(c1ccc(S(=O)(=O)NCCc2ccccc2)cc1)N1CCN(Cc2ccccc2)CC1. The highest BCUT2D eigenvalue weighted by Crippen LogP contribution is 2.15. The van der Waals surface area contributed by atoms with Crippen molar-refractivity contribution in [2.75, 3.05) is 32.7 Å². The van der Waals surface area contributed by atoms with Crippen molar-refractivity contribution in [1.82, 2.24) is 14.5 Å². The Morgan fingerprint density at radius 2 is 1.33 bits per heavy atom. The first-order chi connectivity index (χ1) is 16.0. The summed E-state index contributed by atoms with van der Waals surface area (Å²) in [5.74, 6) is -0.0599. The van der Waals surface area contributed by atoms with Crippen molar-refractivity contribution in [2.24, 2.45) is 0 Å². The quantitative estimate of drug-likeness (QED) is 0.557. The molecule has 7 heteroatoms. The number of rotatable bonds is 8. The fraction of sp³-hybridized carbons (Fsp3) is 0.269. The monoisotopic (exact) mass is 463 g/mol. The molecule has 1 amide bonds. The first-order valence-electron chi connectivity index (χ1n) is 11.2. The van der Waals surface area contributed by atoms with Gasteiger partial charge in [0.15, 0.2) is 0 Å². The average Bonchev–Trinajstić information content (AvgIpc) is 2.85. The maximum atomic E-state index is 12.9. The van der Waals surface area contributed by atoms with E-state index in [1.807, 2.05) is 53.4 Å². The molecule has 1 heterocycles. The molecule has 1 aliphatic rings. The van der Waals surface area contributed by atoms with Gasteiger partial charge in [0.1, 0.15) is 0 Å². The molecule has 1 aliphatic heterocycles. The molecule has 0 spiro atoms. The standard InChI is InChI=1S/C26H29N3O3S/c30-26(29-19-17-28(18-20-29)21-23-9-5-2-6-10-23)24-11-13-25(14-12-24)33(31,32)27-16-15-22-7-3-1-4-8-22/h1-14,27H,15-21H2. The Labute approximate surface area is 195 Å². The van der Waals surface area contributed by atoms with Gasteiger partial charge in [-0.25, -0.2) is 13.1 Å². The molecular formula is C26H29N3O3S. The summed E-state index contributed by atoms with van der Waals surface area (Å²) in [6.45, 7) is 4.16. The van der Waals surface area contributed by atoms with Gasteiger partial charge in [-0.15, -0.1) is 0 Å². The third-order valence-corrected chi connectivity index (χ3v) is 7.35.